The fourth-order valence-corrected chi connectivity index (χ4v) is 3.75. The molecule has 0 aliphatic carbocycles. The van der Waals surface area contributed by atoms with E-state index in [4.69, 9.17) is 22.1 Å². The molecular weight excluding hydrogens is 332 g/mol. The standard InChI is InChI=1S/C19H28N4OS/c1-15-7-9-21(10-8-15)14-23-19(25)22(11-12-24-3)18(20-23)17-6-4-5-16(2)13-17/h4-6,13,15H,7-12,14H2,1-3H3/p+1. The second-order valence-electron chi connectivity index (χ2n) is 7.21. The van der Waals surface area contributed by atoms with Crippen LogP contribution in [0.5, 0.6) is 0 Å². The number of nitrogens with zero attached hydrogens (tertiary/aromatic N) is 3. The Balaban J connectivity index is 1.90. The average molecular weight is 362 g/mol. The first-order chi connectivity index (χ1) is 12.1. The van der Waals surface area contributed by atoms with Gasteiger partial charge in [0.1, 0.15) is 0 Å². The monoisotopic (exact) mass is 361 g/mol. The van der Waals surface area contributed by atoms with E-state index in [0.29, 0.717) is 6.61 Å². The highest BCUT2D eigenvalue weighted by atomic mass is 32.1. The topological polar surface area (TPSA) is 36.4 Å². The average Bonchev–Trinajstić information content (AvgIpc) is 2.91. The molecule has 0 radical (unpaired) electrons. The third-order valence-electron chi connectivity index (χ3n) is 5.07. The largest absolute Gasteiger partial charge is 0.383 e. The maximum atomic E-state index is 5.75. The molecule has 1 aromatic carbocycles. The highest BCUT2D eigenvalue weighted by Crippen LogP contribution is 2.19. The Hall–Kier alpha value is -1.50. The number of aromatic nitrogens is 3. The summed E-state index contributed by atoms with van der Waals surface area (Å²) in [5, 5.41) is 4.89. The minimum Gasteiger partial charge on any atom is -0.383 e. The number of ether oxygens (including phenoxy) is 1. The van der Waals surface area contributed by atoms with Gasteiger partial charge in [0.2, 0.25) is 4.77 Å². The molecule has 2 aromatic rings. The van der Waals surface area contributed by atoms with Crippen molar-refractivity contribution in [3.05, 3.63) is 34.6 Å². The maximum Gasteiger partial charge on any atom is 0.203 e. The van der Waals surface area contributed by atoms with Crippen molar-refractivity contribution in [1.29, 1.82) is 0 Å². The number of hydrogen-bond donors (Lipinski definition) is 1. The molecule has 0 saturated carbocycles. The summed E-state index contributed by atoms with van der Waals surface area (Å²) in [5.74, 6) is 1.79. The van der Waals surface area contributed by atoms with Gasteiger partial charge in [0.25, 0.3) is 0 Å². The molecule has 2 heterocycles. The molecule has 0 spiro atoms. The minimum absolute atomic E-state index is 0.632. The highest BCUT2D eigenvalue weighted by molar-refractivity contribution is 7.71. The number of piperidine rings is 1. The predicted octanol–water partition coefficient (Wildman–Crippen LogP) is 2.31. The zero-order chi connectivity index (χ0) is 17.8. The Morgan fingerprint density at radius 1 is 1.32 bits per heavy atom. The molecule has 5 nitrogen and oxygen atoms in total. The quantitative estimate of drug-likeness (QED) is 0.802. The summed E-state index contributed by atoms with van der Waals surface area (Å²) in [5.41, 5.74) is 2.34. The lowest BCUT2D eigenvalue weighted by atomic mass is 10.00. The SMILES string of the molecule is COCCn1c(-c2cccc(C)c2)nn(C[NH+]2CCC(C)CC2)c1=S. The van der Waals surface area contributed by atoms with Crippen LogP contribution in [0.15, 0.2) is 24.3 Å². The van der Waals surface area contributed by atoms with Gasteiger partial charge in [0.05, 0.1) is 26.2 Å². The molecule has 3 rings (SSSR count). The Kier molecular flexibility index (Phi) is 6.04. The van der Waals surface area contributed by atoms with Crippen molar-refractivity contribution in [3.63, 3.8) is 0 Å². The van der Waals surface area contributed by atoms with Gasteiger partial charge in [0.15, 0.2) is 12.5 Å². The smallest absolute Gasteiger partial charge is 0.203 e. The van der Waals surface area contributed by atoms with Crippen LogP contribution in [-0.2, 0) is 18.0 Å². The lowest BCUT2D eigenvalue weighted by Crippen LogP contribution is -3.12. The maximum absolute atomic E-state index is 5.75. The number of quaternary nitrogens is 1. The van der Waals surface area contributed by atoms with E-state index < -0.39 is 0 Å². The van der Waals surface area contributed by atoms with Crippen LogP contribution in [-0.4, -0.2) is 41.2 Å². The van der Waals surface area contributed by atoms with E-state index in [1.165, 1.54) is 31.5 Å². The highest BCUT2D eigenvalue weighted by Gasteiger charge is 2.21. The third-order valence-corrected chi connectivity index (χ3v) is 5.50. The van der Waals surface area contributed by atoms with Gasteiger partial charge < -0.3 is 9.64 Å². The van der Waals surface area contributed by atoms with Gasteiger partial charge in [-0.25, -0.2) is 0 Å². The first-order valence-electron chi connectivity index (χ1n) is 9.15. The van der Waals surface area contributed by atoms with E-state index >= 15 is 0 Å². The molecule has 0 unspecified atom stereocenters. The fraction of sp³-hybridized carbons (Fsp3) is 0.579. The molecule has 1 aliphatic heterocycles. The number of nitrogens with one attached hydrogen (secondary N) is 1. The zero-order valence-electron chi connectivity index (χ0n) is 15.5. The summed E-state index contributed by atoms with van der Waals surface area (Å²) in [6, 6.07) is 8.45. The van der Waals surface area contributed by atoms with Crippen molar-refractivity contribution in [1.82, 2.24) is 14.3 Å². The van der Waals surface area contributed by atoms with Gasteiger partial charge in [-0.3, -0.25) is 4.57 Å². The van der Waals surface area contributed by atoms with E-state index in [2.05, 4.69) is 42.7 Å². The molecule has 6 heteroatoms. The van der Waals surface area contributed by atoms with Gasteiger partial charge in [0, 0.05) is 12.7 Å². The summed E-state index contributed by atoms with van der Waals surface area (Å²) in [6.45, 7) is 9.06. The summed E-state index contributed by atoms with van der Waals surface area (Å²) in [7, 11) is 1.72. The van der Waals surface area contributed by atoms with E-state index in [1.54, 1.807) is 12.0 Å². The van der Waals surface area contributed by atoms with Gasteiger partial charge in [-0.05, 0) is 44.0 Å². The first-order valence-corrected chi connectivity index (χ1v) is 9.56. The summed E-state index contributed by atoms with van der Waals surface area (Å²) < 4.78 is 10.2. The van der Waals surface area contributed by atoms with Crippen LogP contribution >= 0.6 is 12.2 Å². The molecule has 0 atom stereocenters. The molecule has 25 heavy (non-hydrogen) atoms. The number of methoxy groups -OCH3 is 1. The molecule has 0 amide bonds. The number of hydrogen-bond acceptors (Lipinski definition) is 3. The number of benzene rings is 1. The molecule has 1 aromatic heterocycles. The second kappa shape index (κ2) is 8.25. The van der Waals surface area contributed by atoms with Gasteiger partial charge in [-0.15, -0.1) is 5.10 Å². The van der Waals surface area contributed by atoms with Crippen molar-refractivity contribution < 1.29 is 9.64 Å². The van der Waals surface area contributed by atoms with E-state index in [1.807, 2.05) is 4.68 Å². The normalized spacial score (nSPS) is 20.8. The molecule has 0 bridgehead atoms. The fourth-order valence-electron chi connectivity index (χ4n) is 3.47. The Morgan fingerprint density at radius 3 is 2.76 bits per heavy atom. The Labute approximate surface area is 155 Å². The van der Waals surface area contributed by atoms with Crippen LogP contribution in [0.2, 0.25) is 0 Å². The summed E-state index contributed by atoms with van der Waals surface area (Å²) in [4.78, 5) is 1.57. The lowest BCUT2D eigenvalue weighted by Gasteiger charge is -2.26. The predicted molar refractivity (Wildman–Crippen MR) is 102 cm³/mol. The number of rotatable bonds is 6. The lowest BCUT2D eigenvalue weighted by molar-refractivity contribution is -0.929. The molecule has 1 saturated heterocycles. The number of likely N-dealkylation sites (tertiary alicyclic amines) is 1. The molecular formula is C19H29N4OS+. The van der Waals surface area contributed by atoms with E-state index in [-0.39, 0.29) is 0 Å². The van der Waals surface area contributed by atoms with Crippen LogP contribution in [0, 0.1) is 17.6 Å². The van der Waals surface area contributed by atoms with Crippen molar-refractivity contribution >= 4 is 12.2 Å². The summed E-state index contributed by atoms with van der Waals surface area (Å²) in [6.07, 6.45) is 2.58. The molecule has 1 aliphatic rings. The van der Waals surface area contributed by atoms with Gasteiger partial charge >= 0.3 is 0 Å². The molecule has 136 valence electrons. The van der Waals surface area contributed by atoms with Crippen LogP contribution < -0.4 is 4.90 Å². The van der Waals surface area contributed by atoms with Gasteiger partial charge in [-0.2, -0.15) is 4.68 Å². The summed E-state index contributed by atoms with van der Waals surface area (Å²) >= 11 is 5.75. The van der Waals surface area contributed by atoms with Crippen LogP contribution in [0.25, 0.3) is 11.4 Å². The van der Waals surface area contributed by atoms with Crippen LogP contribution in [0.1, 0.15) is 25.3 Å². The van der Waals surface area contributed by atoms with Crippen LogP contribution in [0.3, 0.4) is 0 Å². The van der Waals surface area contributed by atoms with Crippen molar-refractivity contribution in [2.24, 2.45) is 5.92 Å². The minimum atomic E-state index is 0.632. The molecule has 1 fully saturated rings. The van der Waals surface area contributed by atoms with Gasteiger partial charge in [-0.1, -0.05) is 30.7 Å². The van der Waals surface area contributed by atoms with Crippen molar-refractivity contribution in [2.75, 3.05) is 26.8 Å². The third kappa shape index (κ3) is 4.37. The van der Waals surface area contributed by atoms with Crippen molar-refractivity contribution in [2.45, 2.75) is 39.9 Å². The first kappa shape index (κ1) is 18.3. The zero-order valence-corrected chi connectivity index (χ0v) is 16.3. The van der Waals surface area contributed by atoms with Crippen LogP contribution in [0.4, 0.5) is 0 Å². The Morgan fingerprint density at radius 2 is 2.08 bits per heavy atom. The molecule has 1 N–H and O–H groups in total. The van der Waals surface area contributed by atoms with E-state index in [9.17, 15) is 0 Å². The van der Waals surface area contributed by atoms with Crippen molar-refractivity contribution in [3.8, 4) is 11.4 Å². The second-order valence-corrected chi connectivity index (χ2v) is 7.58. The Bertz CT molecular complexity index is 759. The number of aryl methyl sites for hydroxylation is 1. The van der Waals surface area contributed by atoms with E-state index in [0.717, 1.165) is 35.3 Å².